The smallest absolute Gasteiger partial charge is 0.256 e. The quantitative estimate of drug-likeness (QED) is 0.841. The molecule has 1 aliphatic heterocycles. The van der Waals surface area contributed by atoms with Gasteiger partial charge >= 0.3 is 0 Å². The lowest BCUT2D eigenvalue weighted by Crippen LogP contribution is -2.47. The molecule has 19 heavy (non-hydrogen) atoms. The fourth-order valence-electron chi connectivity index (χ4n) is 2.49. The Bertz CT molecular complexity index is 481. The van der Waals surface area contributed by atoms with E-state index in [0.717, 1.165) is 25.9 Å². The second kappa shape index (κ2) is 5.92. The summed E-state index contributed by atoms with van der Waals surface area (Å²) in [6.45, 7) is 1.89. The summed E-state index contributed by atoms with van der Waals surface area (Å²) in [7, 11) is 3.79. The lowest BCUT2D eigenvalue weighted by atomic mass is 10.0. The molecule has 5 heteroatoms. The minimum absolute atomic E-state index is 0.100. The second-order valence-corrected chi connectivity index (χ2v) is 5.65. The van der Waals surface area contributed by atoms with Gasteiger partial charge in [-0.1, -0.05) is 0 Å². The summed E-state index contributed by atoms with van der Waals surface area (Å²) in [5, 5.41) is 0. The molecule has 1 saturated heterocycles. The average molecular weight is 282 g/mol. The van der Waals surface area contributed by atoms with Crippen LogP contribution < -0.4 is 0 Å². The van der Waals surface area contributed by atoms with Crippen molar-refractivity contribution in [1.29, 1.82) is 0 Å². The molecule has 0 saturated carbocycles. The van der Waals surface area contributed by atoms with Crippen molar-refractivity contribution in [3.63, 3.8) is 0 Å². The van der Waals surface area contributed by atoms with Crippen LogP contribution in [0.25, 0.3) is 0 Å². The first-order chi connectivity index (χ1) is 8.99. The lowest BCUT2D eigenvalue weighted by molar-refractivity contribution is 0.0639. The van der Waals surface area contributed by atoms with Gasteiger partial charge in [0.15, 0.2) is 0 Å². The molecule has 1 heterocycles. The Morgan fingerprint density at radius 2 is 2.26 bits per heavy atom. The SMILES string of the molecule is CN1CCCC(N(C)C(=O)c2cc(S)ccc2F)C1. The molecule has 1 fully saturated rings. The largest absolute Gasteiger partial charge is 0.337 e. The van der Waals surface area contributed by atoms with E-state index in [4.69, 9.17) is 0 Å². The van der Waals surface area contributed by atoms with Gasteiger partial charge in [0.2, 0.25) is 0 Å². The van der Waals surface area contributed by atoms with Gasteiger partial charge in [0.05, 0.1) is 5.56 Å². The standard InChI is InChI=1S/C14H19FN2OS/c1-16-7-3-4-10(9-16)17(2)14(18)12-8-11(19)5-6-13(12)15/h5-6,8,10,19H,3-4,7,9H2,1-2H3. The van der Waals surface area contributed by atoms with E-state index in [0.29, 0.717) is 4.90 Å². The Balaban J connectivity index is 2.16. The fraction of sp³-hybridized carbons (Fsp3) is 0.500. The third-order valence-corrected chi connectivity index (χ3v) is 3.93. The molecule has 0 N–H and O–H groups in total. The number of nitrogens with zero attached hydrogens (tertiary/aromatic N) is 2. The number of halogens is 1. The fourth-order valence-corrected chi connectivity index (χ4v) is 2.69. The van der Waals surface area contributed by atoms with Crippen molar-refractivity contribution < 1.29 is 9.18 Å². The Labute approximate surface area is 118 Å². The number of likely N-dealkylation sites (N-methyl/N-ethyl adjacent to an activating group) is 2. The summed E-state index contributed by atoms with van der Waals surface area (Å²) in [4.78, 5) is 16.8. The number of rotatable bonds is 2. The number of piperidine rings is 1. The lowest BCUT2D eigenvalue weighted by Gasteiger charge is -2.35. The van der Waals surface area contributed by atoms with Crippen molar-refractivity contribution in [1.82, 2.24) is 9.80 Å². The summed E-state index contributed by atoms with van der Waals surface area (Å²) < 4.78 is 13.7. The number of thiol groups is 1. The van der Waals surface area contributed by atoms with E-state index in [1.165, 1.54) is 12.1 Å². The van der Waals surface area contributed by atoms with Gasteiger partial charge in [0, 0.05) is 24.5 Å². The highest BCUT2D eigenvalue weighted by Gasteiger charge is 2.26. The van der Waals surface area contributed by atoms with E-state index >= 15 is 0 Å². The summed E-state index contributed by atoms with van der Waals surface area (Å²) in [6, 6.07) is 4.47. The van der Waals surface area contributed by atoms with Gasteiger partial charge in [-0.3, -0.25) is 4.79 Å². The van der Waals surface area contributed by atoms with Crippen molar-refractivity contribution in [2.45, 2.75) is 23.8 Å². The van der Waals surface area contributed by atoms with Crippen LogP contribution in [0.3, 0.4) is 0 Å². The maximum Gasteiger partial charge on any atom is 0.256 e. The number of carbonyl (C=O) groups excluding carboxylic acids is 1. The molecular formula is C14H19FN2OS. The van der Waals surface area contributed by atoms with Crippen molar-refractivity contribution in [3.8, 4) is 0 Å². The predicted octanol–water partition coefficient (Wildman–Crippen LogP) is 2.28. The maximum absolute atomic E-state index is 13.7. The van der Waals surface area contributed by atoms with Crippen LogP contribution in [0.15, 0.2) is 23.1 Å². The Hall–Kier alpha value is -1.07. The highest BCUT2D eigenvalue weighted by Crippen LogP contribution is 2.19. The number of likely N-dealkylation sites (tertiary alicyclic amines) is 1. The van der Waals surface area contributed by atoms with Gasteiger partial charge in [-0.15, -0.1) is 12.6 Å². The minimum Gasteiger partial charge on any atom is -0.337 e. The number of hydrogen-bond acceptors (Lipinski definition) is 3. The summed E-state index contributed by atoms with van der Waals surface area (Å²) in [6.07, 6.45) is 2.03. The third-order valence-electron chi connectivity index (χ3n) is 3.65. The van der Waals surface area contributed by atoms with E-state index in [-0.39, 0.29) is 17.5 Å². The molecule has 104 valence electrons. The zero-order chi connectivity index (χ0) is 14.0. The van der Waals surface area contributed by atoms with Gasteiger partial charge in [0.25, 0.3) is 5.91 Å². The molecule has 0 radical (unpaired) electrons. The van der Waals surface area contributed by atoms with E-state index in [9.17, 15) is 9.18 Å². The number of benzene rings is 1. The predicted molar refractivity (Wildman–Crippen MR) is 76.3 cm³/mol. The molecule has 0 aliphatic carbocycles. The zero-order valence-electron chi connectivity index (χ0n) is 11.3. The van der Waals surface area contributed by atoms with E-state index in [1.54, 1.807) is 18.0 Å². The van der Waals surface area contributed by atoms with Gasteiger partial charge < -0.3 is 9.80 Å². The molecule has 3 nitrogen and oxygen atoms in total. The number of amides is 1. The van der Waals surface area contributed by atoms with Crippen LogP contribution in [-0.4, -0.2) is 48.9 Å². The van der Waals surface area contributed by atoms with Gasteiger partial charge in [0.1, 0.15) is 5.82 Å². The number of carbonyl (C=O) groups is 1. The number of hydrogen-bond donors (Lipinski definition) is 1. The molecule has 2 rings (SSSR count). The van der Waals surface area contributed by atoms with Crippen LogP contribution in [0.2, 0.25) is 0 Å². The van der Waals surface area contributed by atoms with Crippen molar-refractivity contribution in [2.75, 3.05) is 27.2 Å². The Morgan fingerprint density at radius 1 is 1.53 bits per heavy atom. The van der Waals surface area contributed by atoms with Crippen LogP contribution in [0.1, 0.15) is 23.2 Å². The Morgan fingerprint density at radius 3 is 2.95 bits per heavy atom. The summed E-state index contributed by atoms with van der Waals surface area (Å²) in [5.41, 5.74) is 0.100. The van der Waals surface area contributed by atoms with E-state index in [2.05, 4.69) is 17.5 Å². The molecule has 0 spiro atoms. The monoisotopic (exact) mass is 282 g/mol. The molecule has 0 aromatic heterocycles. The molecule has 1 aromatic carbocycles. The molecule has 1 aromatic rings. The average Bonchev–Trinajstić information content (AvgIpc) is 2.40. The highest BCUT2D eigenvalue weighted by molar-refractivity contribution is 7.80. The first kappa shape index (κ1) is 14.3. The molecule has 0 bridgehead atoms. The first-order valence-electron chi connectivity index (χ1n) is 6.43. The normalized spacial score (nSPS) is 20.3. The van der Waals surface area contributed by atoms with E-state index in [1.807, 2.05) is 7.05 Å². The first-order valence-corrected chi connectivity index (χ1v) is 6.88. The Kier molecular flexibility index (Phi) is 4.47. The van der Waals surface area contributed by atoms with Crippen molar-refractivity contribution >= 4 is 18.5 Å². The summed E-state index contributed by atoms with van der Waals surface area (Å²) >= 11 is 4.16. The van der Waals surface area contributed by atoms with Gasteiger partial charge in [-0.05, 0) is 44.6 Å². The molecule has 1 aliphatic rings. The van der Waals surface area contributed by atoms with Gasteiger partial charge in [-0.2, -0.15) is 0 Å². The molecule has 1 unspecified atom stereocenters. The molecule has 1 atom stereocenters. The van der Waals surface area contributed by atoms with Crippen molar-refractivity contribution in [2.24, 2.45) is 0 Å². The third kappa shape index (κ3) is 3.28. The second-order valence-electron chi connectivity index (χ2n) is 5.14. The van der Waals surface area contributed by atoms with Crippen LogP contribution >= 0.6 is 12.6 Å². The van der Waals surface area contributed by atoms with Gasteiger partial charge in [-0.25, -0.2) is 4.39 Å². The topological polar surface area (TPSA) is 23.6 Å². The minimum atomic E-state index is -0.487. The maximum atomic E-state index is 13.7. The molecule has 1 amide bonds. The highest BCUT2D eigenvalue weighted by atomic mass is 32.1. The van der Waals surface area contributed by atoms with Crippen molar-refractivity contribution in [3.05, 3.63) is 29.6 Å². The molecular weight excluding hydrogens is 263 g/mol. The van der Waals surface area contributed by atoms with Crippen LogP contribution in [-0.2, 0) is 0 Å². The van der Waals surface area contributed by atoms with Crippen LogP contribution in [0.4, 0.5) is 4.39 Å². The van der Waals surface area contributed by atoms with Crippen LogP contribution in [0, 0.1) is 5.82 Å². The van der Waals surface area contributed by atoms with E-state index < -0.39 is 5.82 Å². The zero-order valence-corrected chi connectivity index (χ0v) is 12.2. The van der Waals surface area contributed by atoms with Crippen LogP contribution in [0.5, 0.6) is 0 Å². The summed E-state index contributed by atoms with van der Waals surface area (Å²) in [5.74, 6) is -0.757.